The number of halogens is 1. The number of β-lactam (4-membered cyclic amide) rings is 1. The van der Waals surface area contributed by atoms with Crippen molar-refractivity contribution < 1.29 is 20.1 Å². The minimum atomic E-state index is -0.732. The standard InChI is InChI=1S/C30H26ClNO4/c31-22-8-4-7-20(16-22)27(34)15-14-26-29(32(30(26)36)23-9-2-1-3-10-23)21-12-13-25(28(35)18-21)19-6-5-11-24(33)17-19/h1-13,16-18,26-27,29,33-35H,14-15H2/t26-,27+,29-/m1/s1. The second kappa shape index (κ2) is 10.1. The molecule has 1 fully saturated rings. The molecule has 0 radical (unpaired) electrons. The number of benzene rings is 4. The molecule has 3 atom stereocenters. The number of aliphatic hydroxyl groups is 1. The van der Waals surface area contributed by atoms with Crippen molar-refractivity contribution in [2.45, 2.75) is 25.0 Å². The van der Waals surface area contributed by atoms with Crippen molar-refractivity contribution in [2.75, 3.05) is 4.90 Å². The third kappa shape index (κ3) is 4.68. The quantitative estimate of drug-likeness (QED) is 0.249. The molecule has 4 aromatic rings. The van der Waals surface area contributed by atoms with Crippen LogP contribution in [-0.4, -0.2) is 21.2 Å². The third-order valence-corrected chi connectivity index (χ3v) is 6.99. The Labute approximate surface area is 214 Å². The first kappa shape index (κ1) is 23.9. The number of amides is 1. The van der Waals surface area contributed by atoms with Gasteiger partial charge < -0.3 is 20.2 Å². The van der Waals surface area contributed by atoms with E-state index in [1.165, 1.54) is 0 Å². The van der Waals surface area contributed by atoms with Crippen LogP contribution in [0.3, 0.4) is 0 Å². The van der Waals surface area contributed by atoms with Crippen LogP contribution in [0, 0.1) is 5.92 Å². The SMILES string of the molecule is O=C1[C@H](CC[C@H](O)c2cccc(Cl)c2)[C@@H](c2ccc(-c3cccc(O)c3)c(O)c2)N1c1ccccc1. The zero-order valence-electron chi connectivity index (χ0n) is 19.5. The van der Waals surface area contributed by atoms with E-state index in [0.29, 0.717) is 29.0 Å². The van der Waals surface area contributed by atoms with Crippen LogP contribution in [0.4, 0.5) is 5.69 Å². The Balaban J connectivity index is 1.43. The molecule has 4 aromatic carbocycles. The number of aromatic hydroxyl groups is 2. The highest BCUT2D eigenvalue weighted by Crippen LogP contribution is 2.47. The zero-order valence-corrected chi connectivity index (χ0v) is 20.2. The first-order valence-corrected chi connectivity index (χ1v) is 12.2. The number of phenolic OH excluding ortho intramolecular Hbond substituents is 2. The van der Waals surface area contributed by atoms with Gasteiger partial charge in [0.15, 0.2) is 0 Å². The van der Waals surface area contributed by atoms with Gasteiger partial charge in [-0.1, -0.05) is 66.2 Å². The minimum absolute atomic E-state index is 0.0129. The summed E-state index contributed by atoms with van der Waals surface area (Å²) in [5, 5.41) is 32.0. The molecule has 1 heterocycles. The molecule has 0 bridgehead atoms. The molecule has 0 saturated carbocycles. The number of rotatable bonds is 7. The van der Waals surface area contributed by atoms with E-state index in [1.54, 1.807) is 47.4 Å². The van der Waals surface area contributed by atoms with Gasteiger partial charge in [-0.2, -0.15) is 0 Å². The highest BCUT2D eigenvalue weighted by atomic mass is 35.5. The lowest BCUT2D eigenvalue weighted by Crippen LogP contribution is -2.55. The van der Waals surface area contributed by atoms with E-state index in [2.05, 4.69) is 0 Å². The van der Waals surface area contributed by atoms with Crippen LogP contribution in [0.25, 0.3) is 11.1 Å². The van der Waals surface area contributed by atoms with Crippen LogP contribution in [0.2, 0.25) is 5.02 Å². The number of anilines is 1. The molecule has 1 amide bonds. The maximum atomic E-state index is 13.3. The van der Waals surface area contributed by atoms with Crippen LogP contribution in [0.15, 0.2) is 97.1 Å². The van der Waals surface area contributed by atoms with Gasteiger partial charge in [0.1, 0.15) is 11.5 Å². The van der Waals surface area contributed by atoms with Gasteiger partial charge in [-0.25, -0.2) is 0 Å². The van der Waals surface area contributed by atoms with Gasteiger partial charge in [-0.05, 0) is 72.0 Å². The summed E-state index contributed by atoms with van der Waals surface area (Å²) in [6, 6.07) is 28.4. The Morgan fingerprint density at radius 3 is 2.36 bits per heavy atom. The maximum absolute atomic E-state index is 13.3. The average molecular weight is 500 g/mol. The largest absolute Gasteiger partial charge is 0.508 e. The first-order chi connectivity index (χ1) is 17.4. The third-order valence-electron chi connectivity index (χ3n) is 6.75. The number of hydrogen-bond acceptors (Lipinski definition) is 4. The van der Waals surface area contributed by atoms with E-state index in [9.17, 15) is 20.1 Å². The highest BCUT2D eigenvalue weighted by Gasteiger charge is 2.48. The number of nitrogens with zero attached hydrogens (tertiary/aromatic N) is 1. The lowest BCUT2D eigenvalue weighted by molar-refractivity contribution is -0.131. The van der Waals surface area contributed by atoms with E-state index in [1.807, 2.05) is 54.6 Å². The summed E-state index contributed by atoms with van der Waals surface area (Å²) >= 11 is 6.07. The Bertz CT molecular complexity index is 1390. The molecule has 5 nitrogen and oxygen atoms in total. The van der Waals surface area contributed by atoms with E-state index in [-0.39, 0.29) is 29.4 Å². The molecule has 1 aliphatic heterocycles. The van der Waals surface area contributed by atoms with Crippen molar-refractivity contribution in [3.8, 4) is 22.6 Å². The van der Waals surface area contributed by atoms with Crippen molar-refractivity contribution in [3.63, 3.8) is 0 Å². The highest BCUT2D eigenvalue weighted by molar-refractivity contribution is 6.30. The number of aliphatic hydroxyl groups excluding tert-OH is 1. The van der Waals surface area contributed by atoms with E-state index in [0.717, 1.165) is 16.8 Å². The molecule has 0 aliphatic carbocycles. The smallest absolute Gasteiger partial charge is 0.233 e. The molecule has 0 aromatic heterocycles. The van der Waals surface area contributed by atoms with E-state index in [4.69, 9.17) is 11.6 Å². The van der Waals surface area contributed by atoms with Gasteiger partial charge in [-0.3, -0.25) is 4.79 Å². The average Bonchev–Trinajstić information content (AvgIpc) is 2.87. The van der Waals surface area contributed by atoms with Crippen LogP contribution in [-0.2, 0) is 4.79 Å². The second-order valence-electron chi connectivity index (χ2n) is 9.07. The van der Waals surface area contributed by atoms with Gasteiger partial charge in [0.05, 0.1) is 18.1 Å². The second-order valence-corrected chi connectivity index (χ2v) is 9.51. The molecule has 0 unspecified atom stereocenters. The molecular formula is C30H26ClNO4. The molecular weight excluding hydrogens is 474 g/mol. The predicted molar refractivity (Wildman–Crippen MR) is 141 cm³/mol. The molecule has 3 N–H and O–H groups in total. The normalized spacial score (nSPS) is 18.1. The topological polar surface area (TPSA) is 81.0 Å². The Morgan fingerprint density at radius 1 is 0.861 bits per heavy atom. The first-order valence-electron chi connectivity index (χ1n) is 11.9. The minimum Gasteiger partial charge on any atom is -0.508 e. The van der Waals surface area contributed by atoms with Crippen molar-refractivity contribution in [1.29, 1.82) is 0 Å². The fourth-order valence-electron chi connectivity index (χ4n) is 4.96. The lowest BCUT2D eigenvalue weighted by atomic mass is 9.78. The fraction of sp³-hybridized carbons (Fsp3) is 0.167. The lowest BCUT2D eigenvalue weighted by Gasteiger charge is -2.48. The predicted octanol–water partition coefficient (Wildman–Crippen LogP) is 6.64. The van der Waals surface area contributed by atoms with E-state index < -0.39 is 6.10 Å². The van der Waals surface area contributed by atoms with Crippen molar-refractivity contribution >= 4 is 23.2 Å². The van der Waals surface area contributed by atoms with Crippen molar-refractivity contribution in [2.24, 2.45) is 5.92 Å². The summed E-state index contributed by atoms with van der Waals surface area (Å²) in [6.45, 7) is 0. The Hall–Kier alpha value is -3.80. The van der Waals surface area contributed by atoms with Crippen LogP contribution in [0.5, 0.6) is 11.5 Å². The molecule has 5 rings (SSSR count). The molecule has 1 aliphatic rings. The molecule has 6 heteroatoms. The van der Waals surface area contributed by atoms with Crippen LogP contribution < -0.4 is 4.90 Å². The summed E-state index contributed by atoms with van der Waals surface area (Å²) in [5.74, 6) is -0.164. The zero-order chi connectivity index (χ0) is 25.2. The summed E-state index contributed by atoms with van der Waals surface area (Å²) in [6.07, 6.45) is 0.156. The van der Waals surface area contributed by atoms with Crippen molar-refractivity contribution in [1.82, 2.24) is 0 Å². The summed E-state index contributed by atoms with van der Waals surface area (Å²) < 4.78 is 0. The van der Waals surface area contributed by atoms with Gasteiger partial charge in [0.25, 0.3) is 0 Å². The molecule has 36 heavy (non-hydrogen) atoms. The van der Waals surface area contributed by atoms with Crippen LogP contribution in [0.1, 0.15) is 36.1 Å². The Morgan fingerprint density at radius 2 is 1.64 bits per heavy atom. The summed E-state index contributed by atoms with van der Waals surface area (Å²) in [4.78, 5) is 15.0. The maximum Gasteiger partial charge on any atom is 0.233 e. The van der Waals surface area contributed by atoms with Gasteiger partial charge >= 0.3 is 0 Å². The molecule has 182 valence electrons. The van der Waals surface area contributed by atoms with Crippen LogP contribution >= 0.6 is 11.6 Å². The number of phenols is 2. The summed E-state index contributed by atoms with van der Waals surface area (Å²) in [5.41, 5.74) is 3.61. The number of para-hydroxylation sites is 1. The van der Waals surface area contributed by atoms with E-state index >= 15 is 0 Å². The molecule has 0 spiro atoms. The number of hydrogen-bond donors (Lipinski definition) is 3. The van der Waals surface area contributed by atoms with Gasteiger partial charge in [-0.15, -0.1) is 0 Å². The van der Waals surface area contributed by atoms with Crippen molar-refractivity contribution in [3.05, 3.63) is 113 Å². The van der Waals surface area contributed by atoms with Gasteiger partial charge in [0, 0.05) is 16.3 Å². The monoisotopic (exact) mass is 499 g/mol. The Kier molecular flexibility index (Phi) is 6.68. The molecule has 1 saturated heterocycles. The number of carbonyl (C=O) groups excluding carboxylic acids is 1. The van der Waals surface area contributed by atoms with Gasteiger partial charge in [0.2, 0.25) is 5.91 Å². The fourth-order valence-corrected chi connectivity index (χ4v) is 5.15. The number of carbonyl (C=O) groups is 1. The summed E-state index contributed by atoms with van der Waals surface area (Å²) in [7, 11) is 0.